The predicted octanol–water partition coefficient (Wildman–Crippen LogP) is 5.90. The molecule has 0 aromatic carbocycles. The lowest BCUT2D eigenvalue weighted by atomic mass is 9.59. The molecule has 1 unspecified atom stereocenters. The van der Waals surface area contributed by atoms with E-state index in [1.807, 2.05) is 0 Å². The summed E-state index contributed by atoms with van der Waals surface area (Å²) in [4.78, 5) is 11.1. The van der Waals surface area contributed by atoms with Crippen molar-refractivity contribution in [3.63, 3.8) is 0 Å². The molecule has 1 rings (SSSR count). The summed E-state index contributed by atoms with van der Waals surface area (Å²) in [6.07, 6.45) is 2.58. The Morgan fingerprint density at radius 2 is 1.70 bits per heavy atom. The van der Waals surface area contributed by atoms with Crippen LogP contribution in [-0.4, -0.2) is 20.7 Å². The van der Waals surface area contributed by atoms with Crippen LogP contribution in [0.3, 0.4) is 0 Å². The molecular formula is C20H36O2Si. The third-order valence-corrected chi connectivity index (χ3v) is 12.0. The Bertz CT molecular complexity index is 472. The summed E-state index contributed by atoms with van der Waals surface area (Å²) in [6, 6.07) is 0. The predicted molar refractivity (Wildman–Crippen MR) is 101 cm³/mol. The highest BCUT2D eigenvalue weighted by molar-refractivity contribution is 6.77. The summed E-state index contributed by atoms with van der Waals surface area (Å²) >= 11 is 0. The average Bonchev–Trinajstić information content (AvgIpc) is 2.39. The summed E-state index contributed by atoms with van der Waals surface area (Å²) in [5.41, 5.74) is 6.42. The lowest BCUT2D eigenvalue weighted by Crippen LogP contribution is -2.51. The Labute approximate surface area is 144 Å². The number of carbonyl (C=O) groups excluding carboxylic acids is 1. The number of carbonyl (C=O) groups is 1. The number of allylic oxidation sites excluding steroid dienone is 1. The zero-order chi connectivity index (χ0) is 18.0. The van der Waals surface area contributed by atoms with Crippen molar-refractivity contribution in [3.8, 4) is 0 Å². The molecule has 0 aliphatic heterocycles. The largest absolute Gasteiger partial charge is 0.416 e. The molecule has 2 nitrogen and oxygen atoms in total. The molecule has 0 aromatic rings. The highest BCUT2D eigenvalue weighted by atomic mass is 28.4. The van der Waals surface area contributed by atoms with Crippen LogP contribution in [0.1, 0.15) is 68.7 Å². The molecule has 0 radical (unpaired) electrons. The second-order valence-corrected chi connectivity index (χ2v) is 14.1. The normalized spacial score (nSPS) is 20.7. The summed E-state index contributed by atoms with van der Waals surface area (Å²) in [5.74, 6) is 0.604. The molecule has 0 aromatic heterocycles. The van der Waals surface area contributed by atoms with Crippen molar-refractivity contribution in [1.82, 2.24) is 0 Å². The van der Waals surface area contributed by atoms with E-state index in [9.17, 15) is 4.79 Å². The molecule has 0 spiro atoms. The van der Waals surface area contributed by atoms with E-state index in [4.69, 9.17) is 4.43 Å². The van der Waals surface area contributed by atoms with E-state index in [0.29, 0.717) is 22.5 Å². The fraction of sp³-hybridized carbons (Fsp3) is 0.800. The van der Waals surface area contributed by atoms with Gasteiger partial charge in [0.2, 0.25) is 0 Å². The first-order valence-corrected chi connectivity index (χ1v) is 11.2. The van der Waals surface area contributed by atoms with Gasteiger partial charge in [0, 0.05) is 12.7 Å². The third-order valence-electron chi connectivity index (χ3n) is 5.94. The fourth-order valence-corrected chi connectivity index (χ4v) is 9.82. The number of ketones is 1. The average molecular weight is 337 g/mol. The molecule has 3 heteroatoms. The van der Waals surface area contributed by atoms with Crippen molar-refractivity contribution in [2.75, 3.05) is 6.61 Å². The first kappa shape index (κ1) is 20.4. The molecule has 1 aliphatic carbocycles. The van der Waals surface area contributed by atoms with Crippen LogP contribution in [0.2, 0.25) is 16.6 Å². The number of rotatable bonds is 7. The van der Waals surface area contributed by atoms with Gasteiger partial charge < -0.3 is 4.43 Å². The smallest absolute Gasteiger partial charge is 0.200 e. The van der Waals surface area contributed by atoms with Crippen LogP contribution in [0.25, 0.3) is 0 Å². The Morgan fingerprint density at radius 3 is 2.04 bits per heavy atom. The first-order valence-electron chi connectivity index (χ1n) is 9.06. The zero-order valence-corrected chi connectivity index (χ0v) is 17.6. The van der Waals surface area contributed by atoms with E-state index in [-0.39, 0.29) is 11.2 Å². The summed E-state index contributed by atoms with van der Waals surface area (Å²) < 4.78 is 6.75. The Morgan fingerprint density at radius 1 is 1.22 bits per heavy atom. The molecule has 0 bridgehead atoms. The Balaban J connectivity index is 2.86. The van der Waals surface area contributed by atoms with Gasteiger partial charge in [-0.3, -0.25) is 4.79 Å². The van der Waals surface area contributed by atoms with Gasteiger partial charge in [0.1, 0.15) is 0 Å². The van der Waals surface area contributed by atoms with Gasteiger partial charge in [-0.25, -0.2) is 0 Å². The lowest BCUT2D eigenvalue weighted by Gasteiger charge is -2.49. The van der Waals surface area contributed by atoms with Gasteiger partial charge in [-0.15, -0.1) is 5.73 Å². The third kappa shape index (κ3) is 4.07. The molecule has 132 valence electrons. The van der Waals surface area contributed by atoms with Gasteiger partial charge >= 0.3 is 0 Å². The first-order chi connectivity index (χ1) is 10.5. The maximum Gasteiger partial charge on any atom is 0.200 e. The van der Waals surface area contributed by atoms with Gasteiger partial charge in [0.15, 0.2) is 14.1 Å². The van der Waals surface area contributed by atoms with Crippen LogP contribution >= 0.6 is 0 Å². The van der Waals surface area contributed by atoms with Crippen molar-refractivity contribution in [2.24, 2.45) is 11.3 Å². The van der Waals surface area contributed by atoms with Crippen LogP contribution in [0.4, 0.5) is 0 Å². The minimum absolute atomic E-state index is 0.0684. The van der Waals surface area contributed by atoms with E-state index in [1.165, 1.54) is 5.57 Å². The summed E-state index contributed by atoms with van der Waals surface area (Å²) in [6.45, 7) is 20.9. The van der Waals surface area contributed by atoms with Crippen molar-refractivity contribution in [2.45, 2.75) is 85.4 Å². The van der Waals surface area contributed by atoms with E-state index in [1.54, 1.807) is 13.0 Å². The second-order valence-electron chi connectivity index (χ2n) is 8.63. The molecule has 1 aliphatic rings. The van der Waals surface area contributed by atoms with E-state index >= 15 is 0 Å². The van der Waals surface area contributed by atoms with Gasteiger partial charge in [-0.2, -0.15) is 0 Å². The van der Waals surface area contributed by atoms with Crippen LogP contribution < -0.4 is 0 Å². The molecular weight excluding hydrogens is 300 g/mol. The number of hydrogen-bond acceptors (Lipinski definition) is 2. The lowest BCUT2D eigenvalue weighted by molar-refractivity contribution is -0.112. The molecule has 1 atom stereocenters. The highest BCUT2D eigenvalue weighted by Crippen LogP contribution is 2.52. The zero-order valence-electron chi connectivity index (χ0n) is 16.6. The topological polar surface area (TPSA) is 26.3 Å². The highest BCUT2D eigenvalue weighted by Gasteiger charge is 2.49. The maximum atomic E-state index is 11.1. The molecule has 23 heavy (non-hydrogen) atoms. The van der Waals surface area contributed by atoms with Crippen molar-refractivity contribution in [1.29, 1.82) is 0 Å². The van der Waals surface area contributed by atoms with Gasteiger partial charge in [-0.1, -0.05) is 55.4 Å². The summed E-state index contributed by atoms with van der Waals surface area (Å²) in [7, 11) is -1.79. The van der Waals surface area contributed by atoms with Crippen molar-refractivity contribution >= 4 is 14.1 Å². The molecule has 0 N–H and O–H groups in total. The van der Waals surface area contributed by atoms with Crippen LogP contribution in [0.5, 0.6) is 0 Å². The van der Waals surface area contributed by atoms with Crippen LogP contribution in [0, 0.1) is 11.3 Å². The summed E-state index contributed by atoms with van der Waals surface area (Å²) in [5, 5.41) is 0. The second kappa shape index (κ2) is 7.50. The van der Waals surface area contributed by atoms with Crippen molar-refractivity contribution < 1.29 is 9.22 Å². The van der Waals surface area contributed by atoms with E-state index < -0.39 is 8.32 Å². The Hall–Kier alpha value is -0.633. The van der Waals surface area contributed by atoms with E-state index in [0.717, 1.165) is 13.0 Å². The molecule has 1 fully saturated rings. The standard InChI is InChI=1S/C20H36O2Si/c1-14(2)23(15(3)4,16(5)6)22-13-19-12-18(20(19,8)9)11-10-17(7)21/h10,14-16,19H,12-13H2,1-9H3. The van der Waals surface area contributed by atoms with E-state index in [2.05, 4.69) is 61.1 Å². The van der Waals surface area contributed by atoms with Crippen LogP contribution in [-0.2, 0) is 9.22 Å². The minimum atomic E-state index is -1.79. The Kier molecular flexibility index (Phi) is 6.66. The van der Waals surface area contributed by atoms with Crippen LogP contribution in [0.15, 0.2) is 17.4 Å². The quantitative estimate of drug-likeness (QED) is 0.329. The number of hydrogen-bond donors (Lipinski definition) is 0. The maximum absolute atomic E-state index is 11.1. The molecule has 0 saturated heterocycles. The molecule has 1 saturated carbocycles. The monoisotopic (exact) mass is 336 g/mol. The van der Waals surface area contributed by atoms with Crippen molar-refractivity contribution in [3.05, 3.63) is 17.4 Å². The van der Waals surface area contributed by atoms with Gasteiger partial charge in [-0.05, 0) is 46.9 Å². The SMILES string of the molecule is CC(=O)C=C=C1CC(CO[Si](C(C)C)(C(C)C)C(C)C)C1(C)C. The fourth-order valence-electron chi connectivity index (χ4n) is 4.33. The molecule has 0 heterocycles. The van der Waals surface area contributed by atoms with Gasteiger partial charge in [0.25, 0.3) is 0 Å². The minimum Gasteiger partial charge on any atom is -0.416 e. The van der Waals surface area contributed by atoms with Gasteiger partial charge in [0.05, 0.1) is 0 Å². The molecule has 0 amide bonds.